The molecule has 1 N–H and O–H groups in total. The fraction of sp³-hybridized carbons (Fsp3) is 0.273. The van der Waals surface area contributed by atoms with Crippen LogP contribution >= 0.6 is 0 Å². The number of aryl methyl sites for hydroxylation is 2. The van der Waals surface area contributed by atoms with Crippen LogP contribution in [0.2, 0.25) is 0 Å². The summed E-state index contributed by atoms with van der Waals surface area (Å²) >= 11 is 0. The molecule has 3 rings (SSSR count). The molecular formula is C22H23NO4. The summed E-state index contributed by atoms with van der Waals surface area (Å²) in [4.78, 5) is 28.3. The van der Waals surface area contributed by atoms with Crippen molar-refractivity contribution in [1.29, 1.82) is 0 Å². The van der Waals surface area contributed by atoms with Crippen LogP contribution in [0.1, 0.15) is 45.8 Å². The van der Waals surface area contributed by atoms with Gasteiger partial charge in [0, 0.05) is 22.2 Å². The van der Waals surface area contributed by atoms with Crippen molar-refractivity contribution < 1.29 is 19.1 Å². The maximum Gasteiger partial charge on any atom is 0.338 e. The normalized spacial score (nSPS) is 12.0. The van der Waals surface area contributed by atoms with Crippen LogP contribution in [-0.2, 0) is 4.74 Å². The summed E-state index contributed by atoms with van der Waals surface area (Å²) in [5, 5.41) is 0.979. The molecule has 0 saturated carbocycles. The molecule has 140 valence electrons. The summed E-state index contributed by atoms with van der Waals surface area (Å²) in [5.74, 6) is -0.0627. The fourth-order valence-corrected chi connectivity index (χ4v) is 2.99. The number of carbonyl (C=O) groups is 2. The predicted octanol–water partition coefficient (Wildman–Crippen LogP) is 4.61. The van der Waals surface area contributed by atoms with Crippen molar-refractivity contribution >= 4 is 22.7 Å². The lowest BCUT2D eigenvalue weighted by Gasteiger charge is -2.13. The number of aromatic amines is 1. The number of hydrogen-bond donors (Lipinski definition) is 1. The van der Waals surface area contributed by atoms with E-state index in [-0.39, 0.29) is 5.78 Å². The first-order valence-corrected chi connectivity index (χ1v) is 8.97. The molecule has 0 aliphatic heterocycles. The number of esters is 1. The quantitative estimate of drug-likeness (QED) is 0.511. The van der Waals surface area contributed by atoms with Crippen LogP contribution in [0.15, 0.2) is 42.5 Å². The highest BCUT2D eigenvalue weighted by atomic mass is 16.5. The molecule has 0 spiro atoms. The Balaban J connectivity index is 1.72. The van der Waals surface area contributed by atoms with Crippen LogP contribution in [0, 0.1) is 13.8 Å². The summed E-state index contributed by atoms with van der Waals surface area (Å²) < 4.78 is 10.8. The van der Waals surface area contributed by atoms with E-state index in [0.717, 1.165) is 22.2 Å². The van der Waals surface area contributed by atoms with E-state index in [1.807, 2.05) is 26.8 Å². The predicted molar refractivity (Wildman–Crippen MR) is 105 cm³/mol. The van der Waals surface area contributed by atoms with Crippen molar-refractivity contribution in [2.45, 2.75) is 33.8 Å². The molecule has 0 aliphatic carbocycles. The Kier molecular flexibility index (Phi) is 5.31. The zero-order valence-corrected chi connectivity index (χ0v) is 16.0. The van der Waals surface area contributed by atoms with Gasteiger partial charge in [0.15, 0.2) is 6.10 Å². The molecule has 0 amide bonds. The lowest BCUT2D eigenvalue weighted by atomic mass is 10.1. The first-order chi connectivity index (χ1) is 12.9. The Labute approximate surface area is 158 Å². The molecule has 0 fully saturated rings. The number of aromatic nitrogens is 1. The molecule has 1 aromatic heterocycles. The van der Waals surface area contributed by atoms with E-state index in [1.54, 1.807) is 43.3 Å². The molecule has 2 aromatic carbocycles. The first kappa shape index (κ1) is 18.7. The highest BCUT2D eigenvalue weighted by Gasteiger charge is 2.21. The van der Waals surface area contributed by atoms with Gasteiger partial charge in [0.1, 0.15) is 5.75 Å². The van der Waals surface area contributed by atoms with Crippen molar-refractivity contribution in [2.75, 3.05) is 6.61 Å². The number of nitrogens with one attached hydrogen (secondary N) is 1. The van der Waals surface area contributed by atoms with Crippen molar-refractivity contribution in [3.8, 4) is 5.75 Å². The molecule has 3 aromatic rings. The van der Waals surface area contributed by atoms with Crippen molar-refractivity contribution in [3.05, 3.63) is 64.8 Å². The van der Waals surface area contributed by atoms with Crippen LogP contribution in [0.3, 0.4) is 0 Å². The van der Waals surface area contributed by atoms with E-state index in [2.05, 4.69) is 4.98 Å². The molecule has 0 saturated heterocycles. The highest BCUT2D eigenvalue weighted by Crippen LogP contribution is 2.23. The largest absolute Gasteiger partial charge is 0.494 e. The number of benzene rings is 2. The smallest absolute Gasteiger partial charge is 0.338 e. The number of ether oxygens (including phenoxy) is 2. The Bertz CT molecular complexity index is 985. The lowest BCUT2D eigenvalue weighted by molar-refractivity contribution is 0.0319. The number of ketones is 1. The SMILES string of the molecule is CCOc1ccc(C(=O)[C@@H](C)OC(=O)c2ccc3[nH]c(C)c(C)c3c2)cc1. The number of Topliss-reactive ketones (excluding diaryl/α,β-unsaturated/α-hetero) is 1. The average molecular weight is 365 g/mol. The molecule has 27 heavy (non-hydrogen) atoms. The van der Waals surface area contributed by atoms with E-state index in [4.69, 9.17) is 9.47 Å². The third-order valence-electron chi connectivity index (χ3n) is 4.65. The second-order valence-corrected chi connectivity index (χ2v) is 6.50. The Hall–Kier alpha value is -3.08. The molecule has 0 bridgehead atoms. The van der Waals surface area contributed by atoms with Gasteiger partial charge in [-0.1, -0.05) is 0 Å². The van der Waals surface area contributed by atoms with Gasteiger partial charge in [-0.25, -0.2) is 4.79 Å². The van der Waals surface area contributed by atoms with Gasteiger partial charge in [0.25, 0.3) is 0 Å². The number of rotatable bonds is 6. The van der Waals surface area contributed by atoms with E-state index < -0.39 is 12.1 Å². The lowest BCUT2D eigenvalue weighted by Crippen LogP contribution is -2.24. The molecule has 0 radical (unpaired) electrons. The average Bonchev–Trinajstić information content (AvgIpc) is 2.95. The second-order valence-electron chi connectivity index (χ2n) is 6.50. The van der Waals surface area contributed by atoms with E-state index in [1.165, 1.54) is 0 Å². The van der Waals surface area contributed by atoms with Gasteiger partial charge < -0.3 is 14.5 Å². The van der Waals surface area contributed by atoms with Crippen LogP contribution < -0.4 is 4.74 Å². The van der Waals surface area contributed by atoms with E-state index >= 15 is 0 Å². The Morgan fingerprint density at radius 2 is 1.70 bits per heavy atom. The Morgan fingerprint density at radius 3 is 2.37 bits per heavy atom. The van der Waals surface area contributed by atoms with Gasteiger partial charge in [-0.2, -0.15) is 0 Å². The van der Waals surface area contributed by atoms with Gasteiger partial charge in [0.05, 0.1) is 12.2 Å². The summed E-state index contributed by atoms with van der Waals surface area (Å²) in [7, 11) is 0. The fourth-order valence-electron chi connectivity index (χ4n) is 2.99. The molecular weight excluding hydrogens is 342 g/mol. The minimum atomic E-state index is -0.875. The summed E-state index contributed by atoms with van der Waals surface area (Å²) in [5.41, 5.74) is 4.04. The zero-order valence-electron chi connectivity index (χ0n) is 16.0. The van der Waals surface area contributed by atoms with Crippen LogP contribution in [0.25, 0.3) is 10.9 Å². The van der Waals surface area contributed by atoms with Gasteiger partial charge in [-0.05, 0) is 75.7 Å². The van der Waals surface area contributed by atoms with Crippen molar-refractivity contribution in [3.63, 3.8) is 0 Å². The number of carbonyl (C=O) groups excluding carboxylic acids is 2. The minimum Gasteiger partial charge on any atom is -0.494 e. The van der Waals surface area contributed by atoms with E-state index in [0.29, 0.717) is 23.5 Å². The van der Waals surface area contributed by atoms with Gasteiger partial charge in [-0.3, -0.25) is 4.79 Å². The maximum absolute atomic E-state index is 12.5. The standard InChI is InChI=1S/C22H23NO4/c1-5-26-18-9-6-16(7-10-18)21(24)15(4)27-22(25)17-8-11-20-19(12-17)13(2)14(3)23-20/h6-12,15,23H,5H2,1-4H3/t15-/m1/s1. The van der Waals surface area contributed by atoms with Crippen LogP contribution in [0.4, 0.5) is 0 Å². The van der Waals surface area contributed by atoms with Gasteiger partial charge in [-0.15, -0.1) is 0 Å². The molecule has 5 nitrogen and oxygen atoms in total. The summed E-state index contributed by atoms with van der Waals surface area (Å²) in [6, 6.07) is 12.2. The van der Waals surface area contributed by atoms with Gasteiger partial charge in [0.2, 0.25) is 5.78 Å². The Morgan fingerprint density at radius 1 is 1.04 bits per heavy atom. The van der Waals surface area contributed by atoms with Gasteiger partial charge >= 0.3 is 5.97 Å². The van der Waals surface area contributed by atoms with Crippen LogP contribution in [0.5, 0.6) is 5.75 Å². The topological polar surface area (TPSA) is 68.4 Å². The molecule has 0 unspecified atom stereocenters. The highest BCUT2D eigenvalue weighted by molar-refractivity contribution is 6.02. The third kappa shape index (κ3) is 3.87. The molecule has 1 atom stereocenters. The van der Waals surface area contributed by atoms with Crippen LogP contribution in [-0.4, -0.2) is 29.4 Å². The monoisotopic (exact) mass is 365 g/mol. The zero-order chi connectivity index (χ0) is 19.6. The van der Waals surface area contributed by atoms with Crippen molar-refractivity contribution in [1.82, 2.24) is 4.98 Å². The molecule has 0 aliphatic rings. The maximum atomic E-state index is 12.5. The molecule has 1 heterocycles. The third-order valence-corrected chi connectivity index (χ3v) is 4.65. The number of hydrogen-bond acceptors (Lipinski definition) is 4. The minimum absolute atomic E-state index is 0.249. The molecule has 5 heteroatoms. The summed E-state index contributed by atoms with van der Waals surface area (Å²) in [6.07, 6.45) is -0.875. The second kappa shape index (κ2) is 7.66. The number of fused-ring (bicyclic) bond motifs is 1. The summed E-state index contributed by atoms with van der Waals surface area (Å²) in [6.45, 7) is 8.03. The first-order valence-electron chi connectivity index (χ1n) is 8.97. The van der Waals surface area contributed by atoms with Crippen molar-refractivity contribution in [2.24, 2.45) is 0 Å². The van der Waals surface area contributed by atoms with E-state index in [9.17, 15) is 9.59 Å². The number of H-pyrrole nitrogens is 1.